The van der Waals surface area contributed by atoms with Crippen molar-refractivity contribution in [3.63, 3.8) is 0 Å². The molecular formula is C22H23ClFN5O3. The Kier molecular flexibility index (Phi) is 5.13. The molecule has 1 aromatic rings. The summed E-state index contributed by atoms with van der Waals surface area (Å²) in [5.74, 6) is -1.23. The second-order valence-electron chi connectivity index (χ2n) is 8.75. The van der Waals surface area contributed by atoms with Crippen LogP contribution < -0.4 is 10.6 Å². The molecule has 3 aliphatic heterocycles. The van der Waals surface area contributed by atoms with Crippen LogP contribution in [-0.2, 0) is 14.3 Å². The molecule has 2 unspecified atom stereocenters. The summed E-state index contributed by atoms with van der Waals surface area (Å²) in [6, 6.07) is 1.98. The number of likely N-dealkylation sites (tertiary alicyclic amines) is 1. The van der Waals surface area contributed by atoms with Crippen molar-refractivity contribution in [2.75, 3.05) is 33.9 Å². The van der Waals surface area contributed by atoms with Crippen LogP contribution in [0.25, 0.3) is 6.08 Å². The summed E-state index contributed by atoms with van der Waals surface area (Å²) in [5.41, 5.74) is 0.917. The summed E-state index contributed by atoms with van der Waals surface area (Å²) in [5, 5.41) is 9.46. The van der Waals surface area contributed by atoms with Crippen molar-refractivity contribution < 1.29 is 18.7 Å². The van der Waals surface area contributed by atoms with E-state index in [-0.39, 0.29) is 28.3 Å². The van der Waals surface area contributed by atoms with Crippen LogP contribution in [0.15, 0.2) is 27.3 Å². The van der Waals surface area contributed by atoms with Crippen molar-refractivity contribution in [3.8, 4) is 0 Å². The number of carbonyl (C=O) groups excluding carboxylic acids is 2. The van der Waals surface area contributed by atoms with Crippen molar-refractivity contribution in [2.45, 2.75) is 30.8 Å². The molecule has 2 fully saturated rings. The van der Waals surface area contributed by atoms with Gasteiger partial charge in [-0.1, -0.05) is 11.6 Å². The van der Waals surface area contributed by atoms with Crippen LogP contribution in [0.2, 0.25) is 5.02 Å². The molecule has 1 saturated carbocycles. The van der Waals surface area contributed by atoms with Crippen LogP contribution >= 0.6 is 11.6 Å². The van der Waals surface area contributed by atoms with Gasteiger partial charge in [-0.15, -0.1) is 5.10 Å². The molecule has 3 heterocycles. The number of ether oxygens (including phenoxy) is 1. The molecule has 1 saturated heterocycles. The molecule has 4 aliphatic rings. The maximum atomic E-state index is 13.8. The number of hydrogen-bond donors (Lipinski definition) is 0. The Morgan fingerprint density at radius 2 is 2.12 bits per heavy atom. The summed E-state index contributed by atoms with van der Waals surface area (Å²) in [6.45, 7) is 1.27. The number of rotatable bonds is 5. The van der Waals surface area contributed by atoms with Crippen molar-refractivity contribution >= 4 is 40.9 Å². The van der Waals surface area contributed by atoms with Gasteiger partial charge in [0.05, 0.1) is 34.2 Å². The van der Waals surface area contributed by atoms with Crippen molar-refractivity contribution in [1.29, 1.82) is 0 Å². The van der Waals surface area contributed by atoms with Crippen LogP contribution in [0.4, 0.5) is 4.39 Å². The number of hydrogen-bond acceptors (Lipinski definition) is 6. The lowest BCUT2D eigenvalue weighted by Gasteiger charge is -2.34. The van der Waals surface area contributed by atoms with Gasteiger partial charge in [0.1, 0.15) is 17.6 Å². The lowest BCUT2D eigenvalue weighted by Crippen LogP contribution is -2.52. The fraction of sp³-hybridized carbons (Fsp3) is 0.500. The highest BCUT2D eigenvalue weighted by Gasteiger charge is 2.51. The van der Waals surface area contributed by atoms with E-state index < -0.39 is 11.9 Å². The molecule has 168 valence electrons. The number of fused-ring (bicyclic) bond motifs is 2. The second kappa shape index (κ2) is 7.74. The van der Waals surface area contributed by atoms with E-state index in [4.69, 9.17) is 16.3 Å². The monoisotopic (exact) mass is 459 g/mol. The highest BCUT2D eigenvalue weighted by molar-refractivity contribution is 6.44. The van der Waals surface area contributed by atoms with Gasteiger partial charge in [-0.25, -0.2) is 4.39 Å². The zero-order chi connectivity index (χ0) is 22.6. The average molecular weight is 460 g/mol. The number of amides is 2. The van der Waals surface area contributed by atoms with Gasteiger partial charge in [-0.05, 0) is 31.1 Å². The molecule has 0 radical (unpaired) electrons. The minimum atomic E-state index is -0.738. The van der Waals surface area contributed by atoms with Gasteiger partial charge < -0.3 is 14.5 Å². The van der Waals surface area contributed by atoms with Gasteiger partial charge in [0.25, 0.3) is 11.8 Å². The van der Waals surface area contributed by atoms with E-state index >= 15 is 0 Å². The summed E-state index contributed by atoms with van der Waals surface area (Å²) >= 11 is 5.84. The predicted molar refractivity (Wildman–Crippen MR) is 117 cm³/mol. The van der Waals surface area contributed by atoms with Crippen LogP contribution in [0.5, 0.6) is 0 Å². The fourth-order valence-electron chi connectivity index (χ4n) is 4.63. The van der Waals surface area contributed by atoms with Crippen LogP contribution in [0.1, 0.15) is 19.3 Å². The Balaban J connectivity index is 1.31. The molecule has 5 rings (SSSR count). The number of methoxy groups -OCH3 is 1. The highest BCUT2D eigenvalue weighted by Crippen LogP contribution is 2.41. The highest BCUT2D eigenvalue weighted by atomic mass is 35.5. The number of nitrogens with zero attached hydrogens (tertiary/aromatic N) is 5. The summed E-state index contributed by atoms with van der Waals surface area (Å²) in [4.78, 5) is 34.2. The lowest BCUT2D eigenvalue weighted by atomic mass is 9.90. The molecule has 0 aromatic heterocycles. The Morgan fingerprint density at radius 1 is 1.34 bits per heavy atom. The number of piperidine rings is 1. The molecule has 10 heteroatoms. The molecule has 0 spiro atoms. The Hall–Kier alpha value is -2.65. The molecular weight excluding hydrogens is 437 g/mol. The Bertz CT molecular complexity index is 1150. The van der Waals surface area contributed by atoms with Gasteiger partial charge in [-0.2, -0.15) is 5.10 Å². The first-order chi connectivity index (χ1) is 15.3. The third kappa shape index (κ3) is 3.44. The van der Waals surface area contributed by atoms with Gasteiger partial charge >= 0.3 is 0 Å². The van der Waals surface area contributed by atoms with E-state index in [1.165, 1.54) is 12.1 Å². The van der Waals surface area contributed by atoms with Gasteiger partial charge in [0.2, 0.25) is 0 Å². The maximum absolute atomic E-state index is 13.8. The Morgan fingerprint density at radius 3 is 2.84 bits per heavy atom. The number of halogens is 2. The van der Waals surface area contributed by atoms with E-state index in [9.17, 15) is 14.0 Å². The SMILES string of the molecule is COCC1(N(C)C(=O)C2=NN=C3CCN(C(=O)C4C=c5cc(F)c(Cl)cc5=N4)CC32)CC1. The molecule has 2 atom stereocenters. The summed E-state index contributed by atoms with van der Waals surface area (Å²) in [6.07, 6.45) is 3.97. The second-order valence-corrected chi connectivity index (χ2v) is 9.16. The van der Waals surface area contributed by atoms with E-state index in [0.717, 1.165) is 18.6 Å². The number of likely N-dealkylation sites (N-methyl/N-ethyl adjacent to an activating group) is 1. The molecule has 1 aromatic carbocycles. The van der Waals surface area contributed by atoms with E-state index in [0.29, 0.717) is 42.4 Å². The van der Waals surface area contributed by atoms with Crippen molar-refractivity contribution in [1.82, 2.24) is 9.80 Å². The largest absolute Gasteiger partial charge is 0.382 e. The molecule has 2 amide bonds. The quantitative estimate of drug-likeness (QED) is 0.644. The average Bonchev–Trinajstić information content (AvgIpc) is 3.26. The standard InChI is InChI=1S/C22H23ClFN5O3/c1-28(22(4-5-22)11-32-2)21(31)19-13-10-29(6-3-16(13)26-27-19)20(30)18-8-12-7-15(24)14(23)9-17(12)25-18/h7-9,13,18H,3-6,10-11H2,1-2H3. The molecule has 1 aliphatic carbocycles. The van der Waals surface area contributed by atoms with Crippen LogP contribution in [0, 0.1) is 11.7 Å². The number of carbonyl (C=O) groups is 2. The van der Waals surface area contributed by atoms with Gasteiger partial charge in [0, 0.05) is 38.9 Å². The van der Waals surface area contributed by atoms with Crippen molar-refractivity contribution in [3.05, 3.63) is 33.5 Å². The third-order valence-electron chi connectivity index (χ3n) is 6.78. The summed E-state index contributed by atoms with van der Waals surface area (Å²) in [7, 11) is 3.40. The zero-order valence-electron chi connectivity index (χ0n) is 17.8. The van der Waals surface area contributed by atoms with Crippen LogP contribution in [-0.4, -0.2) is 78.5 Å². The fourth-order valence-corrected chi connectivity index (χ4v) is 4.79. The van der Waals surface area contributed by atoms with Crippen LogP contribution in [0.3, 0.4) is 0 Å². The first kappa shape index (κ1) is 21.2. The Labute approximate surface area is 189 Å². The summed E-state index contributed by atoms with van der Waals surface area (Å²) < 4.78 is 19.1. The predicted octanol–water partition coefficient (Wildman–Crippen LogP) is 0.558. The maximum Gasteiger partial charge on any atom is 0.271 e. The molecule has 0 bridgehead atoms. The minimum absolute atomic E-state index is 0.0239. The zero-order valence-corrected chi connectivity index (χ0v) is 18.6. The van der Waals surface area contributed by atoms with E-state index in [1.807, 2.05) is 0 Å². The van der Waals surface area contributed by atoms with Gasteiger partial charge in [0.15, 0.2) is 0 Å². The topological polar surface area (TPSA) is 86.9 Å². The minimum Gasteiger partial charge on any atom is -0.382 e. The lowest BCUT2D eigenvalue weighted by molar-refractivity contribution is -0.132. The molecule has 32 heavy (non-hydrogen) atoms. The number of benzene rings is 1. The first-order valence-electron chi connectivity index (χ1n) is 10.6. The normalized spacial score (nSPS) is 24.6. The molecule has 8 nitrogen and oxygen atoms in total. The van der Waals surface area contributed by atoms with E-state index in [1.54, 1.807) is 30.0 Å². The first-order valence-corrected chi connectivity index (χ1v) is 11.0. The third-order valence-corrected chi connectivity index (χ3v) is 7.07. The molecule has 0 N–H and O–H groups in total. The van der Waals surface area contributed by atoms with Gasteiger partial charge in [-0.3, -0.25) is 14.6 Å². The van der Waals surface area contributed by atoms with E-state index in [2.05, 4.69) is 15.2 Å². The van der Waals surface area contributed by atoms with Crippen molar-refractivity contribution in [2.24, 2.45) is 21.1 Å². The smallest absolute Gasteiger partial charge is 0.271 e.